The lowest BCUT2D eigenvalue weighted by molar-refractivity contribution is -0.0287. The van der Waals surface area contributed by atoms with E-state index in [0.29, 0.717) is 45.6 Å². The van der Waals surface area contributed by atoms with Crippen LogP contribution in [0.4, 0.5) is 4.79 Å². The molecule has 6 nitrogen and oxygen atoms in total. The third kappa shape index (κ3) is 5.07. The highest BCUT2D eigenvalue weighted by Gasteiger charge is 2.35. The van der Waals surface area contributed by atoms with Crippen LogP contribution in [0.5, 0.6) is 0 Å². The minimum Gasteiger partial charge on any atom is -0.388 e. The summed E-state index contributed by atoms with van der Waals surface area (Å²) in [4.78, 5) is 21.2. The van der Waals surface area contributed by atoms with Crippen molar-refractivity contribution in [2.75, 3.05) is 13.1 Å². The molecule has 1 N–H and O–H groups in total. The molecule has 1 aliphatic rings. The number of hydrogen-bond donors (Lipinski definition) is 1. The van der Waals surface area contributed by atoms with Crippen LogP contribution in [0.1, 0.15) is 24.0 Å². The lowest BCUT2D eigenvalue weighted by atomic mass is 9.91. The average molecular weight is 405 g/mol. The van der Waals surface area contributed by atoms with Gasteiger partial charge in [0.2, 0.25) is 0 Å². The van der Waals surface area contributed by atoms with E-state index in [1.54, 1.807) is 12.5 Å². The van der Waals surface area contributed by atoms with Crippen molar-refractivity contribution in [3.63, 3.8) is 0 Å². The van der Waals surface area contributed by atoms with Crippen molar-refractivity contribution >= 4 is 6.03 Å². The molecule has 6 heteroatoms. The molecule has 156 valence electrons. The second-order valence-corrected chi connectivity index (χ2v) is 8.06. The topological polar surface area (TPSA) is 61.6 Å². The Kier molecular flexibility index (Phi) is 6.14. The predicted molar refractivity (Wildman–Crippen MR) is 116 cm³/mol. The van der Waals surface area contributed by atoms with Crippen molar-refractivity contribution < 1.29 is 9.90 Å². The zero-order valence-electron chi connectivity index (χ0n) is 17.1. The summed E-state index contributed by atoms with van der Waals surface area (Å²) in [5, 5.41) is 11.0. The number of nitrogens with zero attached hydrogens (tertiary/aromatic N) is 4. The Hall–Kier alpha value is -3.12. The Morgan fingerprint density at radius 3 is 2.03 bits per heavy atom. The maximum atomic E-state index is 13.4. The molecule has 0 saturated carbocycles. The number of amides is 2. The fourth-order valence-electron chi connectivity index (χ4n) is 3.99. The van der Waals surface area contributed by atoms with Gasteiger partial charge in [0.1, 0.15) is 0 Å². The van der Waals surface area contributed by atoms with E-state index in [9.17, 15) is 9.90 Å². The van der Waals surface area contributed by atoms with Gasteiger partial charge in [-0.3, -0.25) is 0 Å². The number of hydrogen-bond acceptors (Lipinski definition) is 3. The highest BCUT2D eigenvalue weighted by atomic mass is 16.3. The van der Waals surface area contributed by atoms with Crippen LogP contribution < -0.4 is 0 Å². The van der Waals surface area contributed by atoms with Crippen molar-refractivity contribution in [2.45, 2.75) is 38.1 Å². The minimum atomic E-state index is -0.804. The third-order valence-electron chi connectivity index (χ3n) is 5.70. The van der Waals surface area contributed by atoms with Crippen LogP contribution in [0.2, 0.25) is 0 Å². The van der Waals surface area contributed by atoms with Crippen molar-refractivity contribution in [3.8, 4) is 0 Å². The summed E-state index contributed by atoms with van der Waals surface area (Å²) in [6, 6.07) is 20.2. The maximum absolute atomic E-state index is 13.4. The number of imidazole rings is 1. The van der Waals surface area contributed by atoms with Crippen molar-refractivity contribution in [3.05, 3.63) is 90.5 Å². The first-order chi connectivity index (χ1) is 14.6. The number of likely N-dealkylation sites (tertiary alicyclic amines) is 1. The summed E-state index contributed by atoms with van der Waals surface area (Å²) < 4.78 is 1.90. The molecule has 0 atom stereocenters. The highest BCUT2D eigenvalue weighted by molar-refractivity contribution is 5.74. The number of rotatable bonds is 6. The van der Waals surface area contributed by atoms with Gasteiger partial charge in [0, 0.05) is 38.6 Å². The van der Waals surface area contributed by atoms with Gasteiger partial charge in [-0.25, -0.2) is 9.78 Å². The first kappa shape index (κ1) is 20.2. The van der Waals surface area contributed by atoms with Crippen LogP contribution >= 0.6 is 0 Å². The summed E-state index contributed by atoms with van der Waals surface area (Å²) in [5.41, 5.74) is 1.41. The molecular weight excluding hydrogens is 376 g/mol. The van der Waals surface area contributed by atoms with Crippen LogP contribution in [0.3, 0.4) is 0 Å². The van der Waals surface area contributed by atoms with E-state index < -0.39 is 5.60 Å². The Balaban J connectivity index is 1.43. The first-order valence-electron chi connectivity index (χ1n) is 10.4. The van der Waals surface area contributed by atoms with E-state index in [1.807, 2.05) is 81.2 Å². The fourth-order valence-corrected chi connectivity index (χ4v) is 3.99. The van der Waals surface area contributed by atoms with Crippen LogP contribution in [-0.4, -0.2) is 49.2 Å². The zero-order valence-corrected chi connectivity index (χ0v) is 17.1. The molecule has 1 aromatic heterocycles. The molecule has 0 aliphatic carbocycles. The minimum absolute atomic E-state index is 0.0207. The molecule has 3 aromatic rings. The van der Waals surface area contributed by atoms with Gasteiger partial charge in [-0.2, -0.15) is 0 Å². The van der Waals surface area contributed by atoms with Gasteiger partial charge in [0.25, 0.3) is 0 Å². The number of benzene rings is 2. The Morgan fingerprint density at radius 2 is 1.53 bits per heavy atom. The second kappa shape index (κ2) is 9.13. The molecule has 2 aromatic carbocycles. The summed E-state index contributed by atoms with van der Waals surface area (Å²) in [6.45, 7) is 2.72. The highest BCUT2D eigenvalue weighted by Crippen LogP contribution is 2.25. The first-order valence-corrected chi connectivity index (χ1v) is 10.4. The van der Waals surface area contributed by atoms with Crippen molar-refractivity contribution in [2.24, 2.45) is 0 Å². The average Bonchev–Trinajstić information content (AvgIpc) is 3.27. The van der Waals surface area contributed by atoms with Gasteiger partial charge in [0.05, 0.1) is 18.5 Å². The molecule has 0 unspecified atom stereocenters. The van der Waals surface area contributed by atoms with Gasteiger partial charge < -0.3 is 19.5 Å². The fraction of sp³-hybridized carbons (Fsp3) is 0.333. The van der Waals surface area contributed by atoms with E-state index in [2.05, 4.69) is 4.98 Å². The predicted octanol–water partition coefficient (Wildman–Crippen LogP) is 3.53. The molecule has 0 bridgehead atoms. The molecular formula is C24H28N4O2. The van der Waals surface area contributed by atoms with Gasteiger partial charge in [-0.1, -0.05) is 60.7 Å². The summed E-state index contributed by atoms with van der Waals surface area (Å²) in [6.07, 6.45) is 6.41. The molecule has 0 spiro atoms. The van der Waals surface area contributed by atoms with Gasteiger partial charge in [-0.15, -0.1) is 0 Å². The van der Waals surface area contributed by atoms with Gasteiger partial charge in [0.15, 0.2) is 0 Å². The van der Waals surface area contributed by atoms with E-state index in [0.717, 1.165) is 11.1 Å². The molecule has 1 fully saturated rings. The maximum Gasteiger partial charge on any atom is 0.320 e. The molecule has 0 radical (unpaired) electrons. The van der Waals surface area contributed by atoms with Gasteiger partial charge >= 0.3 is 6.03 Å². The third-order valence-corrected chi connectivity index (χ3v) is 5.70. The van der Waals surface area contributed by atoms with Crippen LogP contribution in [0, 0.1) is 0 Å². The molecule has 1 aliphatic heterocycles. The monoisotopic (exact) mass is 404 g/mol. The Labute approximate surface area is 177 Å². The number of piperidine rings is 1. The van der Waals surface area contributed by atoms with Crippen molar-refractivity contribution in [1.82, 2.24) is 19.4 Å². The number of aromatic nitrogens is 2. The number of urea groups is 1. The summed E-state index contributed by atoms with van der Waals surface area (Å²) in [5.74, 6) is 0. The normalized spacial score (nSPS) is 15.7. The Bertz CT molecular complexity index is 879. The molecule has 2 heterocycles. The van der Waals surface area contributed by atoms with Crippen LogP contribution in [0.25, 0.3) is 0 Å². The summed E-state index contributed by atoms with van der Waals surface area (Å²) in [7, 11) is 0. The smallest absolute Gasteiger partial charge is 0.320 e. The second-order valence-electron chi connectivity index (χ2n) is 8.06. The largest absolute Gasteiger partial charge is 0.388 e. The molecule has 2 amide bonds. The number of carbonyl (C=O) groups excluding carboxylic acids is 1. The van der Waals surface area contributed by atoms with E-state index in [1.165, 1.54) is 0 Å². The molecule has 4 rings (SSSR count). The quantitative estimate of drug-likeness (QED) is 0.684. The summed E-state index contributed by atoms with van der Waals surface area (Å²) >= 11 is 0. The van der Waals surface area contributed by atoms with E-state index in [-0.39, 0.29) is 6.03 Å². The number of carbonyl (C=O) groups is 1. The van der Waals surface area contributed by atoms with Crippen LogP contribution in [0.15, 0.2) is 79.4 Å². The Morgan fingerprint density at radius 1 is 0.967 bits per heavy atom. The standard InChI is InChI=1S/C24H28N4O2/c29-23(27-14-11-24(30,12-15-27)19-26-16-13-25-20-26)28(17-21-7-3-1-4-8-21)18-22-9-5-2-6-10-22/h1-10,13,16,20,30H,11-12,14-15,17-19H2. The van der Waals surface area contributed by atoms with E-state index >= 15 is 0 Å². The van der Waals surface area contributed by atoms with E-state index in [4.69, 9.17) is 0 Å². The lowest BCUT2D eigenvalue weighted by Crippen LogP contribution is -2.51. The van der Waals surface area contributed by atoms with Crippen LogP contribution in [-0.2, 0) is 19.6 Å². The van der Waals surface area contributed by atoms with Gasteiger partial charge in [-0.05, 0) is 24.0 Å². The molecule has 30 heavy (non-hydrogen) atoms. The molecule has 1 saturated heterocycles. The SMILES string of the molecule is O=C(N1CCC(O)(Cn2ccnc2)CC1)N(Cc1ccccc1)Cc1ccccc1. The zero-order chi connectivity index (χ0) is 20.8. The lowest BCUT2D eigenvalue weighted by Gasteiger charge is -2.40. The van der Waals surface area contributed by atoms with Crippen molar-refractivity contribution in [1.29, 1.82) is 0 Å². The number of aliphatic hydroxyl groups is 1.